The molecule has 1 saturated heterocycles. The van der Waals surface area contributed by atoms with E-state index in [1.165, 1.54) is 5.56 Å². The minimum absolute atomic E-state index is 0.206. The lowest BCUT2D eigenvalue weighted by Crippen LogP contribution is -2.50. The van der Waals surface area contributed by atoms with E-state index in [0.29, 0.717) is 24.7 Å². The number of aromatic nitrogens is 1. The molecule has 1 aromatic heterocycles. The number of carboxylic acids is 1. The lowest BCUT2D eigenvalue weighted by molar-refractivity contribution is -0.145. The number of aromatic amines is 1. The molecule has 7 nitrogen and oxygen atoms in total. The van der Waals surface area contributed by atoms with Crippen molar-refractivity contribution in [1.29, 1.82) is 0 Å². The highest BCUT2D eigenvalue weighted by Gasteiger charge is 2.42. The number of piperidine rings is 1. The Kier molecular flexibility index (Phi) is 7.45. The Morgan fingerprint density at radius 2 is 1.89 bits per heavy atom. The van der Waals surface area contributed by atoms with Gasteiger partial charge >= 0.3 is 5.97 Å². The summed E-state index contributed by atoms with van der Waals surface area (Å²) in [5.74, 6) is 0.153. The summed E-state index contributed by atoms with van der Waals surface area (Å²) in [5, 5.41) is 11.2. The minimum Gasteiger partial charge on any atom is -0.491 e. The number of H-pyrrole nitrogens is 1. The summed E-state index contributed by atoms with van der Waals surface area (Å²) >= 11 is 6.13. The van der Waals surface area contributed by atoms with Crippen LogP contribution in [0.25, 0.3) is 10.9 Å². The third kappa shape index (κ3) is 5.34. The highest BCUT2D eigenvalue weighted by Crippen LogP contribution is 2.40. The van der Waals surface area contributed by atoms with Crippen LogP contribution in [0.15, 0.2) is 42.5 Å². The van der Waals surface area contributed by atoms with Crippen LogP contribution < -0.4 is 4.74 Å². The number of carbonyl (C=O) groups excluding carboxylic acids is 1. The van der Waals surface area contributed by atoms with Crippen LogP contribution in [0.4, 0.5) is 0 Å². The van der Waals surface area contributed by atoms with Crippen LogP contribution in [0, 0.1) is 5.41 Å². The van der Waals surface area contributed by atoms with Gasteiger partial charge in [-0.1, -0.05) is 42.3 Å². The zero-order chi connectivity index (χ0) is 26.0. The number of benzene rings is 2. The second kappa shape index (κ2) is 10.8. The number of carbonyl (C=O) groups is 2. The monoisotopic (exact) mass is 523 g/mol. The zero-order valence-electron chi connectivity index (χ0n) is 21.3. The Morgan fingerprint density at radius 1 is 1.11 bits per heavy atom. The Morgan fingerprint density at radius 3 is 2.68 bits per heavy atom. The van der Waals surface area contributed by atoms with Crippen LogP contribution in [0.2, 0.25) is 5.02 Å². The predicted molar refractivity (Wildman–Crippen MR) is 144 cm³/mol. The molecule has 0 radical (unpaired) electrons. The first-order valence-corrected chi connectivity index (χ1v) is 13.5. The maximum Gasteiger partial charge on any atom is 0.352 e. The smallest absolute Gasteiger partial charge is 0.352 e. The molecule has 2 N–H and O–H groups in total. The summed E-state index contributed by atoms with van der Waals surface area (Å²) in [6, 6.07) is 13.6. The molecule has 0 aliphatic carbocycles. The van der Waals surface area contributed by atoms with Gasteiger partial charge in [0.05, 0.1) is 12.0 Å². The molecular formula is C29H34ClN3O4. The van der Waals surface area contributed by atoms with Gasteiger partial charge in [-0.15, -0.1) is 0 Å². The number of nitrogens with zero attached hydrogens (tertiary/aromatic N) is 2. The van der Waals surface area contributed by atoms with E-state index in [9.17, 15) is 14.7 Å². The minimum atomic E-state index is -0.976. The Balaban J connectivity index is 1.31. The van der Waals surface area contributed by atoms with Crippen molar-refractivity contribution in [3.05, 3.63) is 64.3 Å². The maximum atomic E-state index is 13.7. The number of aryl methyl sites for hydroxylation is 1. The first kappa shape index (κ1) is 25.6. The van der Waals surface area contributed by atoms with Crippen molar-refractivity contribution >= 4 is 34.4 Å². The van der Waals surface area contributed by atoms with E-state index in [-0.39, 0.29) is 17.0 Å². The number of likely N-dealkylation sites (N-methyl/N-ethyl adjacent to an activating group) is 1. The van der Waals surface area contributed by atoms with E-state index >= 15 is 0 Å². The summed E-state index contributed by atoms with van der Waals surface area (Å²) in [4.78, 5) is 32.8. The van der Waals surface area contributed by atoms with Gasteiger partial charge in [-0.25, -0.2) is 4.79 Å². The number of nitrogens with one attached hydrogen (secondary N) is 1. The highest BCUT2D eigenvalue weighted by atomic mass is 35.5. The molecule has 2 aromatic carbocycles. The fraction of sp³-hybridized carbons (Fsp3) is 0.448. The summed E-state index contributed by atoms with van der Waals surface area (Å²) < 4.78 is 6.04. The molecule has 0 unspecified atom stereocenters. The Bertz CT molecular complexity index is 1300. The van der Waals surface area contributed by atoms with Gasteiger partial charge in [-0.05, 0) is 69.0 Å². The topological polar surface area (TPSA) is 85.9 Å². The number of hydrogen-bond donors (Lipinski definition) is 2. The number of halogens is 1. The zero-order valence-corrected chi connectivity index (χ0v) is 22.0. The lowest BCUT2D eigenvalue weighted by Gasteiger charge is -2.43. The second-order valence-corrected chi connectivity index (χ2v) is 10.9. The molecule has 3 heterocycles. The molecular weight excluding hydrogens is 490 g/mol. The van der Waals surface area contributed by atoms with Crippen molar-refractivity contribution in [3.8, 4) is 5.75 Å². The van der Waals surface area contributed by atoms with Gasteiger partial charge in [0.2, 0.25) is 5.91 Å². The summed E-state index contributed by atoms with van der Waals surface area (Å²) in [6.07, 6.45) is 5.36. The van der Waals surface area contributed by atoms with Gasteiger partial charge in [-0.3, -0.25) is 9.69 Å². The third-order valence-corrected chi connectivity index (χ3v) is 8.32. The summed E-state index contributed by atoms with van der Waals surface area (Å²) in [7, 11) is 1.88. The first-order chi connectivity index (χ1) is 17.9. The van der Waals surface area contributed by atoms with Crippen LogP contribution in [0.1, 0.15) is 53.7 Å². The molecule has 196 valence electrons. The lowest BCUT2D eigenvalue weighted by atomic mass is 9.73. The van der Waals surface area contributed by atoms with E-state index in [0.717, 1.165) is 73.8 Å². The van der Waals surface area contributed by atoms with E-state index in [1.807, 2.05) is 30.1 Å². The summed E-state index contributed by atoms with van der Waals surface area (Å²) in [5.41, 5.74) is 2.56. The van der Waals surface area contributed by atoms with Crippen molar-refractivity contribution in [2.45, 2.75) is 45.1 Å². The van der Waals surface area contributed by atoms with Gasteiger partial charge in [0.15, 0.2) is 0 Å². The standard InChI is InChI=1S/C29H34ClN3O4/c1-32-16-17-37-25-8-3-2-6-20(25)7-4-5-11-29(28(32)36)12-14-33(15-13-29)19-23-22-10-9-21(30)18-24(22)31-26(23)27(34)35/h2-3,6,8-10,18,31H,4-5,7,11-17,19H2,1H3,(H,34,35). The van der Waals surface area contributed by atoms with Crippen LogP contribution in [0.3, 0.4) is 0 Å². The van der Waals surface area contributed by atoms with Crippen molar-refractivity contribution in [1.82, 2.24) is 14.8 Å². The molecule has 5 rings (SSSR count). The summed E-state index contributed by atoms with van der Waals surface area (Å²) in [6.45, 7) is 3.05. The molecule has 0 atom stereocenters. The molecule has 1 spiro atoms. The van der Waals surface area contributed by atoms with E-state index in [2.05, 4.69) is 22.0 Å². The van der Waals surface area contributed by atoms with Crippen LogP contribution in [-0.2, 0) is 17.8 Å². The number of ether oxygens (including phenoxy) is 1. The second-order valence-electron chi connectivity index (χ2n) is 10.4. The Labute approximate surface area is 222 Å². The van der Waals surface area contributed by atoms with Gasteiger partial charge in [0.1, 0.15) is 18.1 Å². The molecule has 1 amide bonds. The van der Waals surface area contributed by atoms with Gasteiger partial charge in [0, 0.05) is 35.1 Å². The Hall–Kier alpha value is -3.03. The molecule has 0 saturated carbocycles. The maximum absolute atomic E-state index is 13.7. The van der Waals surface area contributed by atoms with E-state index in [1.54, 1.807) is 12.1 Å². The number of hydrogen-bond acceptors (Lipinski definition) is 4. The van der Waals surface area contributed by atoms with Crippen LogP contribution in [0.5, 0.6) is 5.75 Å². The average Bonchev–Trinajstić information content (AvgIpc) is 3.25. The van der Waals surface area contributed by atoms with Crippen molar-refractivity contribution < 1.29 is 19.4 Å². The van der Waals surface area contributed by atoms with Gasteiger partial charge in [0.25, 0.3) is 0 Å². The van der Waals surface area contributed by atoms with Gasteiger partial charge < -0.3 is 19.7 Å². The number of amides is 1. The van der Waals surface area contributed by atoms with Crippen molar-refractivity contribution in [3.63, 3.8) is 0 Å². The highest BCUT2D eigenvalue weighted by molar-refractivity contribution is 6.31. The van der Waals surface area contributed by atoms with E-state index in [4.69, 9.17) is 16.3 Å². The third-order valence-electron chi connectivity index (χ3n) is 8.09. The molecule has 8 heteroatoms. The fourth-order valence-electron chi connectivity index (χ4n) is 5.94. The quantitative estimate of drug-likeness (QED) is 0.482. The number of carboxylic acid groups (broad SMARTS) is 1. The number of para-hydroxylation sites is 1. The van der Waals surface area contributed by atoms with Crippen molar-refractivity contribution in [2.75, 3.05) is 33.3 Å². The first-order valence-electron chi connectivity index (χ1n) is 13.1. The number of fused-ring (bicyclic) bond motifs is 2. The molecule has 37 heavy (non-hydrogen) atoms. The molecule has 1 fully saturated rings. The predicted octanol–water partition coefficient (Wildman–Crippen LogP) is 5.37. The SMILES string of the molecule is CN1CCOc2ccccc2CCCCC2(CCN(Cc3c(C(=O)O)[nH]c4cc(Cl)ccc34)CC2)C1=O. The number of aromatic carboxylic acids is 1. The van der Waals surface area contributed by atoms with Gasteiger partial charge in [-0.2, -0.15) is 0 Å². The van der Waals surface area contributed by atoms with Crippen LogP contribution in [-0.4, -0.2) is 65.1 Å². The fourth-order valence-corrected chi connectivity index (χ4v) is 6.11. The van der Waals surface area contributed by atoms with Crippen molar-refractivity contribution in [2.24, 2.45) is 5.41 Å². The number of rotatable bonds is 3. The number of likely N-dealkylation sites (tertiary alicyclic amines) is 1. The molecule has 0 bridgehead atoms. The molecule has 3 aromatic rings. The van der Waals surface area contributed by atoms with Crippen LogP contribution >= 0.6 is 11.6 Å². The normalized spacial score (nSPS) is 19.2. The molecule has 2 aliphatic heterocycles. The molecule has 2 aliphatic rings. The average molecular weight is 524 g/mol. The van der Waals surface area contributed by atoms with E-state index < -0.39 is 5.97 Å². The largest absolute Gasteiger partial charge is 0.491 e.